The molecule has 2 aromatic carbocycles. The molecule has 0 unspecified atom stereocenters. The summed E-state index contributed by atoms with van der Waals surface area (Å²) < 4.78 is 38.8. The van der Waals surface area contributed by atoms with Crippen LogP contribution in [-0.2, 0) is 21.3 Å². The molecule has 1 amide bonds. The second kappa shape index (κ2) is 10.6. The Balaban J connectivity index is 1.52. The summed E-state index contributed by atoms with van der Waals surface area (Å²) in [6.45, 7) is 7.11. The third-order valence-corrected chi connectivity index (χ3v) is 7.80. The van der Waals surface area contributed by atoms with Gasteiger partial charge in [-0.15, -0.1) is 0 Å². The van der Waals surface area contributed by atoms with Crippen molar-refractivity contribution in [3.63, 3.8) is 0 Å². The largest absolute Gasteiger partial charge is 0.492 e. The Labute approximate surface area is 195 Å². The summed E-state index contributed by atoms with van der Waals surface area (Å²) in [4.78, 5) is 15.3. The van der Waals surface area contributed by atoms with E-state index >= 15 is 0 Å². The zero-order valence-corrected chi connectivity index (χ0v) is 19.8. The van der Waals surface area contributed by atoms with Gasteiger partial charge < -0.3 is 14.8 Å². The summed E-state index contributed by atoms with van der Waals surface area (Å²) in [5.74, 6) is 0.0161. The Kier molecular flexibility index (Phi) is 7.64. The number of nitrogens with zero attached hydrogens (tertiary/aromatic N) is 2. The van der Waals surface area contributed by atoms with Crippen LogP contribution in [0.5, 0.6) is 5.75 Å². The van der Waals surface area contributed by atoms with Gasteiger partial charge in [-0.2, -0.15) is 4.31 Å². The quantitative estimate of drug-likeness (QED) is 0.634. The Morgan fingerprint density at radius 2 is 1.82 bits per heavy atom. The maximum Gasteiger partial charge on any atom is 0.255 e. The molecule has 0 radical (unpaired) electrons. The topological polar surface area (TPSA) is 88.2 Å². The SMILES string of the molecule is CCOc1ccc(NC(=O)c2cccc(CN3CCOCC3)c2)cc1S(=O)(=O)N1CCCC1. The van der Waals surface area contributed by atoms with Crippen molar-refractivity contribution < 1.29 is 22.7 Å². The first-order valence-corrected chi connectivity index (χ1v) is 12.9. The molecule has 2 fully saturated rings. The lowest BCUT2D eigenvalue weighted by atomic mass is 10.1. The van der Waals surface area contributed by atoms with Crippen molar-refractivity contribution in [2.45, 2.75) is 31.2 Å². The van der Waals surface area contributed by atoms with Crippen LogP contribution in [0, 0.1) is 0 Å². The highest BCUT2D eigenvalue weighted by molar-refractivity contribution is 7.89. The van der Waals surface area contributed by atoms with Gasteiger partial charge in [0.15, 0.2) is 0 Å². The fourth-order valence-electron chi connectivity index (χ4n) is 4.16. The van der Waals surface area contributed by atoms with Gasteiger partial charge in [0.25, 0.3) is 5.91 Å². The zero-order valence-electron chi connectivity index (χ0n) is 19.0. The van der Waals surface area contributed by atoms with Crippen LogP contribution in [-0.4, -0.2) is 69.5 Å². The maximum absolute atomic E-state index is 13.2. The van der Waals surface area contributed by atoms with E-state index in [1.54, 1.807) is 18.2 Å². The number of morpholine rings is 1. The van der Waals surface area contributed by atoms with Crippen molar-refractivity contribution in [1.29, 1.82) is 0 Å². The molecular weight excluding hydrogens is 442 g/mol. The summed E-state index contributed by atoms with van der Waals surface area (Å²) in [7, 11) is -3.70. The second-order valence-corrected chi connectivity index (χ2v) is 10.2. The molecule has 4 rings (SSSR count). The monoisotopic (exact) mass is 473 g/mol. The number of hydrogen-bond acceptors (Lipinski definition) is 6. The first-order chi connectivity index (χ1) is 16.0. The molecule has 8 nitrogen and oxygen atoms in total. The van der Waals surface area contributed by atoms with Crippen molar-refractivity contribution in [1.82, 2.24) is 9.21 Å². The van der Waals surface area contributed by atoms with E-state index in [1.807, 2.05) is 25.1 Å². The van der Waals surface area contributed by atoms with Crippen molar-refractivity contribution in [2.75, 3.05) is 51.3 Å². The van der Waals surface area contributed by atoms with E-state index in [2.05, 4.69) is 10.2 Å². The minimum atomic E-state index is -3.70. The Bertz CT molecular complexity index is 1080. The molecule has 2 saturated heterocycles. The maximum atomic E-state index is 13.2. The van der Waals surface area contributed by atoms with E-state index in [-0.39, 0.29) is 10.8 Å². The third-order valence-electron chi connectivity index (χ3n) is 5.88. The van der Waals surface area contributed by atoms with Crippen molar-refractivity contribution in [3.8, 4) is 5.75 Å². The number of carbonyl (C=O) groups excluding carboxylic acids is 1. The standard InChI is InChI=1S/C24H31N3O5S/c1-2-32-22-9-8-21(17-23(22)33(29,30)27-10-3-4-11-27)25-24(28)20-7-5-6-19(16-20)18-26-12-14-31-15-13-26/h5-9,16-17H,2-4,10-15,18H2,1H3,(H,25,28). The van der Waals surface area contributed by atoms with Crippen molar-refractivity contribution in [3.05, 3.63) is 53.6 Å². The molecule has 178 valence electrons. The molecule has 0 atom stereocenters. The first kappa shape index (κ1) is 23.7. The predicted octanol–water partition coefficient (Wildman–Crippen LogP) is 2.95. The minimum absolute atomic E-state index is 0.0881. The van der Waals surface area contributed by atoms with E-state index in [4.69, 9.17) is 9.47 Å². The van der Waals surface area contributed by atoms with Gasteiger partial charge >= 0.3 is 0 Å². The molecular formula is C24H31N3O5S. The van der Waals surface area contributed by atoms with Gasteiger partial charge in [0.1, 0.15) is 10.6 Å². The number of sulfonamides is 1. The number of hydrogen-bond donors (Lipinski definition) is 1. The van der Waals surface area contributed by atoms with Gasteiger partial charge in [-0.1, -0.05) is 12.1 Å². The summed E-state index contributed by atoms with van der Waals surface area (Å²) in [6.07, 6.45) is 1.70. The average Bonchev–Trinajstić information content (AvgIpc) is 3.37. The molecule has 9 heteroatoms. The fourth-order valence-corrected chi connectivity index (χ4v) is 5.84. The van der Waals surface area contributed by atoms with Crippen LogP contribution in [0.25, 0.3) is 0 Å². The number of anilines is 1. The van der Waals surface area contributed by atoms with E-state index < -0.39 is 10.0 Å². The van der Waals surface area contributed by atoms with Gasteiger partial charge in [0.2, 0.25) is 10.0 Å². The second-order valence-electron chi connectivity index (χ2n) is 8.25. The fraction of sp³-hybridized carbons (Fsp3) is 0.458. The number of amides is 1. The lowest BCUT2D eigenvalue weighted by Gasteiger charge is -2.26. The van der Waals surface area contributed by atoms with E-state index in [0.29, 0.717) is 36.7 Å². The number of carbonyl (C=O) groups is 1. The number of nitrogens with one attached hydrogen (secondary N) is 1. The normalized spacial score (nSPS) is 17.7. The summed E-state index contributed by atoms with van der Waals surface area (Å²) in [6, 6.07) is 12.3. The lowest BCUT2D eigenvalue weighted by molar-refractivity contribution is 0.0342. The van der Waals surface area contributed by atoms with E-state index in [9.17, 15) is 13.2 Å². The molecule has 0 aliphatic carbocycles. The summed E-state index contributed by atoms with van der Waals surface area (Å²) in [5.41, 5.74) is 1.99. The van der Waals surface area contributed by atoms with Gasteiger partial charge in [0, 0.05) is 44.0 Å². The Morgan fingerprint density at radius 3 is 2.55 bits per heavy atom. The molecule has 1 N–H and O–H groups in total. The summed E-state index contributed by atoms with van der Waals surface area (Å²) in [5, 5.41) is 2.85. The average molecular weight is 474 g/mol. The minimum Gasteiger partial charge on any atom is -0.492 e. The smallest absolute Gasteiger partial charge is 0.255 e. The molecule has 2 aromatic rings. The van der Waals surface area contributed by atoms with Crippen LogP contribution in [0.15, 0.2) is 47.4 Å². The molecule has 2 aliphatic heterocycles. The van der Waals surface area contributed by atoms with Gasteiger partial charge in [-0.3, -0.25) is 9.69 Å². The molecule has 2 heterocycles. The highest BCUT2D eigenvalue weighted by Crippen LogP contribution is 2.32. The molecule has 0 saturated carbocycles. The van der Waals surface area contributed by atoms with Crippen LogP contribution in [0.1, 0.15) is 35.7 Å². The van der Waals surface area contributed by atoms with Gasteiger partial charge in [-0.25, -0.2) is 8.42 Å². The highest BCUT2D eigenvalue weighted by atomic mass is 32.2. The summed E-state index contributed by atoms with van der Waals surface area (Å²) >= 11 is 0. The van der Waals surface area contributed by atoms with Crippen LogP contribution in [0.2, 0.25) is 0 Å². The van der Waals surface area contributed by atoms with Gasteiger partial charge in [0.05, 0.1) is 19.8 Å². The highest BCUT2D eigenvalue weighted by Gasteiger charge is 2.30. The molecule has 33 heavy (non-hydrogen) atoms. The Morgan fingerprint density at radius 1 is 1.06 bits per heavy atom. The van der Waals surface area contributed by atoms with Crippen molar-refractivity contribution in [2.24, 2.45) is 0 Å². The number of rotatable bonds is 8. The molecule has 0 spiro atoms. The van der Waals surface area contributed by atoms with Crippen LogP contribution >= 0.6 is 0 Å². The molecule has 0 aromatic heterocycles. The van der Waals surface area contributed by atoms with Crippen molar-refractivity contribution >= 4 is 21.6 Å². The van der Waals surface area contributed by atoms with Crippen LogP contribution in [0.3, 0.4) is 0 Å². The van der Waals surface area contributed by atoms with Gasteiger partial charge in [-0.05, 0) is 55.7 Å². The first-order valence-electron chi connectivity index (χ1n) is 11.4. The van der Waals surface area contributed by atoms with Crippen LogP contribution in [0.4, 0.5) is 5.69 Å². The Hall–Kier alpha value is -2.46. The van der Waals surface area contributed by atoms with E-state index in [1.165, 1.54) is 10.4 Å². The molecule has 0 bridgehead atoms. The zero-order chi connectivity index (χ0) is 23.3. The van der Waals surface area contributed by atoms with Crippen LogP contribution < -0.4 is 10.1 Å². The third kappa shape index (κ3) is 5.73. The predicted molar refractivity (Wildman–Crippen MR) is 126 cm³/mol. The lowest BCUT2D eigenvalue weighted by Crippen LogP contribution is -2.35. The number of ether oxygens (including phenoxy) is 2. The molecule has 2 aliphatic rings. The van der Waals surface area contributed by atoms with E-state index in [0.717, 1.165) is 51.3 Å². The number of benzene rings is 2.